The standard InChI is InChI=1S/C14H20N2O4/c1-10-12(19-9-15-10)13(17)16-6-4-11(18-2)14(8-16)5-3-7-20-14/h9,11H,3-8H2,1-2H3/t11-,14-/m0/s1. The van der Waals surface area contributed by atoms with Crippen LogP contribution in [0.3, 0.4) is 0 Å². The molecule has 20 heavy (non-hydrogen) atoms. The van der Waals surface area contributed by atoms with Gasteiger partial charge < -0.3 is 18.8 Å². The first kappa shape index (κ1) is 13.6. The lowest BCUT2D eigenvalue weighted by Gasteiger charge is -2.44. The van der Waals surface area contributed by atoms with Crippen LogP contribution in [0.1, 0.15) is 35.5 Å². The molecular formula is C14H20N2O4. The van der Waals surface area contributed by atoms with Crippen molar-refractivity contribution in [1.82, 2.24) is 9.88 Å². The van der Waals surface area contributed by atoms with Gasteiger partial charge in [0.05, 0.1) is 18.3 Å². The average molecular weight is 280 g/mol. The molecule has 1 aromatic heterocycles. The highest BCUT2D eigenvalue weighted by Gasteiger charge is 2.48. The van der Waals surface area contributed by atoms with Crippen LogP contribution in [0.4, 0.5) is 0 Å². The SMILES string of the molecule is CO[C@H]1CCN(C(=O)c2ocnc2C)C[C@@]12CCCO2. The molecule has 6 nitrogen and oxygen atoms in total. The largest absolute Gasteiger partial charge is 0.438 e. The quantitative estimate of drug-likeness (QED) is 0.819. The molecule has 1 spiro atoms. The van der Waals surface area contributed by atoms with Crippen LogP contribution in [0, 0.1) is 6.92 Å². The van der Waals surface area contributed by atoms with E-state index in [0.717, 1.165) is 25.9 Å². The van der Waals surface area contributed by atoms with Crippen LogP contribution >= 0.6 is 0 Å². The Balaban J connectivity index is 1.79. The highest BCUT2D eigenvalue weighted by Crippen LogP contribution is 2.36. The van der Waals surface area contributed by atoms with E-state index in [0.29, 0.717) is 24.5 Å². The van der Waals surface area contributed by atoms with Gasteiger partial charge in [0.2, 0.25) is 5.76 Å². The van der Waals surface area contributed by atoms with Gasteiger partial charge in [0.1, 0.15) is 5.60 Å². The summed E-state index contributed by atoms with van der Waals surface area (Å²) >= 11 is 0. The van der Waals surface area contributed by atoms with Gasteiger partial charge in [-0.3, -0.25) is 4.79 Å². The van der Waals surface area contributed by atoms with Crippen molar-refractivity contribution in [3.8, 4) is 0 Å². The van der Waals surface area contributed by atoms with Gasteiger partial charge in [0.25, 0.3) is 5.91 Å². The minimum absolute atomic E-state index is 0.0601. The number of methoxy groups -OCH3 is 1. The zero-order chi connectivity index (χ0) is 14.2. The number of aromatic nitrogens is 1. The summed E-state index contributed by atoms with van der Waals surface area (Å²) in [5.74, 6) is 0.221. The van der Waals surface area contributed by atoms with Gasteiger partial charge in [-0.05, 0) is 26.2 Å². The number of oxazole rings is 1. The van der Waals surface area contributed by atoms with Crippen LogP contribution in [-0.4, -0.2) is 54.3 Å². The highest BCUT2D eigenvalue weighted by molar-refractivity contribution is 5.92. The number of rotatable bonds is 2. The number of carbonyl (C=O) groups is 1. The first-order valence-corrected chi connectivity index (χ1v) is 7.02. The fourth-order valence-corrected chi connectivity index (χ4v) is 3.29. The number of piperidine rings is 1. The summed E-state index contributed by atoms with van der Waals surface area (Å²) < 4.78 is 16.7. The Kier molecular flexibility index (Phi) is 3.52. The second kappa shape index (κ2) is 5.18. The molecule has 2 saturated heterocycles. The molecule has 2 fully saturated rings. The number of nitrogens with zero attached hydrogens (tertiary/aromatic N) is 2. The Labute approximate surface area is 118 Å². The van der Waals surface area contributed by atoms with Crippen LogP contribution in [0.2, 0.25) is 0 Å². The van der Waals surface area contributed by atoms with Gasteiger partial charge >= 0.3 is 0 Å². The van der Waals surface area contributed by atoms with E-state index in [1.165, 1.54) is 6.39 Å². The van der Waals surface area contributed by atoms with Gasteiger partial charge in [-0.15, -0.1) is 0 Å². The molecule has 0 bridgehead atoms. The Morgan fingerprint density at radius 1 is 1.60 bits per heavy atom. The van der Waals surface area contributed by atoms with Crippen molar-refractivity contribution in [2.45, 2.75) is 37.9 Å². The third-order valence-electron chi connectivity index (χ3n) is 4.35. The Hall–Kier alpha value is -1.40. The zero-order valence-corrected chi connectivity index (χ0v) is 11.9. The maximum Gasteiger partial charge on any atom is 0.291 e. The Bertz CT molecular complexity index is 493. The summed E-state index contributed by atoms with van der Waals surface area (Å²) in [5, 5.41) is 0. The van der Waals surface area contributed by atoms with Gasteiger partial charge in [-0.2, -0.15) is 0 Å². The molecule has 3 rings (SSSR count). The van der Waals surface area contributed by atoms with E-state index in [4.69, 9.17) is 13.9 Å². The van der Waals surface area contributed by atoms with Crippen LogP contribution < -0.4 is 0 Å². The minimum Gasteiger partial charge on any atom is -0.438 e. The molecule has 0 aliphatic carbocycles. The van der Waals surface area contributed by atoms with Crippen LogP contribution in [0.15, 0.2) is 10.8 Å². The van der Waals surface area contributed by atoms with E-state index >= 15 is 0 Å². The van der Waals surface area contributed by atoms with E-state index in [1.54, 1.807) is 18.9 Å². The van der Waals surface area contributed by atoms with Crippen LogP contribution in [-0.2, 0) is 9.47 Å². The van der Waals surface area contributed by atoms with E-state index in [9.17, 15) is 4.79 Å². The summed E-state index contributed by atoms with van der Waals surface area (Å²) in [4.78, 5) is 18.3. The van der Waals surface area contributed by atoms with Gasteiger partial charge in [-0.1, -0.05) is 0 Å². The minimum atomic E-state index is -0.351. The van der Waals surface area contributed by atoms with Crippen molar-refractivity contribution in [1.29, 1.82) is 0 Å². The molecule has 1 aromatic rings. The fourth-order valence-electron chi connectivity index (χ4n) is 3.29. The third kappa shape index (κ3) is 2.13. The molecule has 110 valence electrons. The highest BCUT2D eigenvalue weighted by atomic mass is 16.6. The number of ether oxygens (including phenoxy) is 2. The number of hydrogen-bond donors (Lipinski definition) is 0. The second-order valence-electron chi connectivity index (χ2n) is 5.52. The molecule has 2 atom stereocenters. The average Bonchev–Trinajstić information content (AvgIpc) is 3.08. The molecule has 6 heteroatoms. The molecule has 2 aliphatic rings. The van der Waals surface area contributed by atoms with Crippen LogP contribution in [0.5, 0.6) is 0 Å². The van der Waals surface area contributed by atoms with E-state index in [-0.39, 0.29) is 17.6 Å². The molecule has 0 radical (unpaired) electrons. The monoisotopic (exact) mass is 280 g/mol. The molecule has 0 aromatic carbocycles. The number of likely N-dealkylation sites (tertiary alicyclic amines) is 1. The van der Waals surface area contributed by atoms with Crippen LogP contribution in [0.25, 0.3) is 0 Å². The van der Waals surface area contributed by atoms with Gasteiger partial charge in [0, 0.05) is 20.3 Å². The maximum absolute atomic E-state index is 12.5. The molecule has 0 saturated carbocycles. The van der Waals surface area contributed by atoms with Crippen molar-refractivity contribution >= 4 is 5.91 Å². The molecule has 1 amide bonds. The van der Waals surface area contributed by atoms with Gasteiger partial charge in [-0.25, -0.2) is 4.98 Å². The lowest BCUT2D eigenvalue weighted by molar-refractivity contribution is -0.137. The maximum atomic E-state index is 12.5. The van der Waals surface area contributed by atoms with Crippen molar-refractivity contribution in [3.63, 3.8) is 0 Å². The summed E-state index contributed by atoms with van der Waals surface area (Å²) in [5.41, 5.74) is 0.279. The lowest BCUT2D eigenvalue weighted by Crippen LogP contribution is -2.58. The predicted octanol–water partition coefficient (Wildman–Crippen LogP) is 1.39. The number of aryl methyl sites for hydroxylation is 1. The number of amides is 1. The topological polar surface area (TPSA) is 64.8 Å². The van der Waals surface area contributed by atoms with Crippen molar-refractivity contribution in [2.75, 3.05) is 26.8 Å². The molecule has 0 unspecified atom stereocenters. The normalized spacial score (nSPS) is 30.1. The number of hydrogen-bond acceptors (Lipinski definition) is 5. The van der Waals surface area contributed by atoms with Crippen molar-refractivity contribution in [3.05, 3.63) is 17.8 Å². The second-order valence-corrected chi connectivity index (χ2v) is 5.52. The molecule has 2 aliphatic heterocycles. The van der Waals surface area contributed by atoms with E-state index < -0.39 is 0 Å². The fraction of sp³-hybridized carbons (Fsp3) is 0.714. The summed E-state index contributed by atoms with van der Waals surface area (Å²) in [6.45, 7) is 3.73. The summed E-state index contributed by atoms with van der Waals surface area (Å²) in [6.07, 6.45) is 4.11. The first-order chi connectivity index (χ1) is 9.66. The Morgan fingerprint density at radius 2 is 2.45 bits per heavy atom. The lowest BCUT2D eigenvalue weighted by atomic mass is 9.86. The zero-order valence-electron chi connectivity index (χ0n) is 11.9. The van der Waals surface area contributed by atoms with Crippen molar-refractivity contribution < 1.29 is 18.7 Å². The summed E-state index contributed by atoms with van der Waals surface area (Å²) in [7, 11) is 1.71. The third-order valence-corrected chi connectivity index (χ3v) is 4.35. The first-order valence-electron chi connectivity index (χ1n) is 7.02. The number of carbonyl (C=O) groups excluding carboxylic acids is 1. The predicted molar refractivity (Wildman–Crippen MR) is 70.5 cm³/mol. The smallest absolute Gasteiger partial charge is 0.291 e. The van der Waals surface area contributed by atoms with Crippen molar-refractivity contribution in [2.24, 2.45) is 0 Å². The van der Waals surface area contributed by atoms with Gasteiger partial charge in [0.15, 0.2) is 6.39 Å². The summed E-state index contributed by atoms with van der Waals surface area (Å²) in [6, 6.07) is 0. The molecule has 0 N–H and O–H groups in total. The molecular weight excluding hydrogens is 260 g/mol. The van der Waals surface area contributed by atoms with E-state index in [1.807, 2.05) is 0 Å². The molecule has 3 heterocycles. The Morgan fingerprint density at radius 3 is 3.05 bits per heavy atom. The van der Waals surface area contributed by atoms with E-state index in [2.05, 4.69) is 4.98 Å².